The molecule has 1 heterocycles. The van der Waals surface area contributed by atoms with E-state index in [1.54, 1.807) is 29.2 Å². The van der Waals surface area contributed by atoms with Crippen LogP contribution in [0.1, 0.15) is 28.0 Å². The number of amides is 2. The van der Waals surface area contributed by atoms with Crippen LogP contribution in [-0.4, -0.2) is 48.9 Å². The van der Waals surface area contributed by atoms with Gasteiger partial charge in [0.05, 0.1) is 12.1 Å². The van der Waals surface area contributed by atoms with Crippen LogP contribution in [0, 0.1) is 6.92 Å². The zero-order valence-electron chi connectivity index (χ0n) is 18.9. The quantitative estimate of drug-likeness (QED) is 0.427. The van der Waals surface area contributed by atoms with E-state index in [0.29, 0.717) is 33.6 Å². The molecule has 0 bridgehead atoms. The first kappa shape index (κ1) is 26.8. The van der Waals surface area contributed by atoms with Crippen molar-refractivity contribution >= 4 is 58.0 Å². The summed E-state index contributed by atoms with van der Waals surface area (Å²) in [4.78, 5) is 34.1. The molecule has 1 N–H and O–H groups in total. The van der Waals surface area contributed by atoms with Crippen LogP contribution in [0.3, 0.4) is 0 Å². The molecule has 0 saturated carbocycles. The van der Waals surface area contributed by atoms with Crippen molar-refractivity contribution in [2.75, 3.05) is 37.4 Å². The van der Waals surface area contributed by atoms with E-state index < -0.39 is 0 Å². The monoisotopic (exact) mass is 506 g/mol. The Hall–Kier alpha value is -2.45. The fourth-order valence-corrected chi connectivity index (χ4v) is 4.14. The Morgan fingerprint density at radius 1 is 1.09 bits per heavy atom. The van der Waals surface area contributed by atoms with E-state index in [1.807, 2.05) is 50.7 Å². The molecule has 0 spiro atoms. The van der Waals surface area contributed by atoms with Gasteiger partial charge in [-0.15, -0.1) is 23.7 Å². The number of halogens is 2. The zero-order valence-corrected chi connectivity index (χ0v) is 21.3. The minimum Gasteiger partial charge on any atom is -0.326 e. The van der Waals surface area contributed by atoms with Gasteiger partial charge in [-0.1, -0.05) is 29.3 Å². The summed E-state index contributed by atoms with van der Waals surface area (Å²) in [5.41, 5.74) is 2.97. The first-order valence-corrected chi connectivity index (χ1v) is 11.6. The number of rotatable bonds is 9. The summed E-state index contributed by atoms with van der Waals surface area (Å²) in [7, 11) is 4.01. The molecule has 176 valence electrons. The number of aromatic nitrogens is 1. The second-order valence-corrected chi connectivity index (χ2v) is 9.11. The standard InChI is InChI=1S/C24H27ClN4O2S.ClH/c1-17-6-4-7-18(14-17)23(31)29(13-5-12-28(2)3)24-27-21(16-32-24)15-22(30)26-20-10-8-19(25)9-11-20;/h4,6-11,14,16H,5,12-13,15H2,1-3H3,(H,26,30);1H. The minimum absolute atomic E-state index is 0. The van der Waals surface area contributed by atoms with Crippen LogP contribution >= 0.6 is 35.3 Å². The minimum atomic E-state index is -0.173. The molecule has 2 aromatic carbocycles. The molecule has 0 unspecified atom stereocenters. The highest BCUT2D eigenvalue weighted by atomic mass is 35.5. The van der Waals surface area contributed by atoms with Crippen LogP contribution in [0.5, 0.6) is 0 Å². The number of nitrogens with zero attached hydrogens (tertiary/aromatic N) is 3. The molecule has 0 fully saturated rings. The number of benzene rings is 2. The van der Waals surface area contributed by atoms with Gasteiger partial charge in [0.25, 0.3) is 5.91 Å². The van der Waals surface area contributed by atoms with Crippen molar-refractivity contribution in [2.45, 2.75) is 19.8 Å². The number of carbonyl (C=O) groups is 2. The van der Waals surface area contributed by atoms with Crippen molar-refractivity contribution in [3.63, 3.8) is 0 Å². The van der Waals surface area contributed by atoms with Gasteiger partial charge in [-0.25, -0.2) is 4.98 Å². The van der Waals surface area contributed by atoms with Gasteiger partial charge in [0.15, 0.2) is 5.13 Å². The zero-order chi connectivity index (χ0) is 23.1. The normalized spacial score (nSPS) is 10.6. The van der Waals surface area contributed by atoms with Gasteiger partial charge in [-0.3, -0.25) is 14.5 Å². The Kier molecular flexibility index (Phi) is 10.3. The number of carbonyl (C=O) groups excluding carboxylic acids is 2. The van der Waals surface area contributed by atoms with Crippen LogP contribution in [0.15, 0.2) is 53.9 Å². The summed E-state index contributed by atoms with van der Waals surface area (Å²) in [6, 6.07) is 14.5. The van der Waals surface area contributed by atoms with E-state index in [0.717, 1.165) is 18.5 Å². The molecule has 0 atom stereocenters. The summed E-state index contributed by atoms with van der Waals surface area (Å²) in [6.07, 6.45) is 0.944. The van der Waals surface area contributed by atoms with Crippen molar-refractivity contribution < 1.29 is 9.59 Å². The molecule has 9 heteroatoms. The summed E-state index contributed by atoms with van der Waals surface area (Å²) < 4.78 is 0. The molecule has 6 nitrogen and oxygen atoms in total. The summed E-state index contributed by atoms with van der Waals surface area (Å²) in [5.74, 6) is -0.257. The second kappa shape index (κ2) is 12.7. The van der Waals surface area contributed by atoms with Gasteiger partial charge in [-0.05, 0) is 70.4 Å². The van der Waals surface area contributed by atoms with E-state index >= 15 is 0 Å². The third-order valence-electron chi connectivity index (χ3n) is 4.74. The van der Waals surface area contributed by atoms with Crippen molar-refractivity contribution in [3.8, 4) is 0 Å². The maximum Gasteiger partial charge on any atom is 0.260 e. The van der Waals surface area contributed by atoms with Crippen molar-refractivity contribution in [1.82, 2.24) is 9.88 Å². The fraction of sp³-hybridized carbons (Fsp3) is 0.292. The topological polar surface area (TPSA) is 65.5 Å². The van der Waals surface area contributed by atoms with E-state index in [2.05, 4.69) is 15.2 Å². The summed E-state index contributed by atoms with van der Waals surface area (Å²) in [6.45, 7) is 3.38. The number of thiazole rings is 1. The Morgan fingerprint density at radius 2 is 1.82 bits per heavy atom. The van der Waals surface area contributed by atoms with Gasteiger partial charge in [0.2, 0.25) is 5.91 Å². The summed E-state index contributed by atoms with van der Waals surface area (Å²) >= 11 is 7.26. The number of nitrogens with one attached hydrogen (secondary N) is 1. The van der Waals surface area contributed by atoms with Crippen LogP contribution in [-0.2, 0) is 11.2 Å². The van der Waals surface area contributed by atoms with Crippen LogP contribution in [0.25, 0.3) is 0 Å². The predicted molar refractivity (Wildman–Crippen MR) is 139 cm³/mol. The molecule has 0 radical (unpaired) electrons. The van der Waals surface area contributed by atoms with Crippen molar-refractivity contribution in [3.05, 3.63) is 75.8 Å². The maximum atomic E-state index is 13.3. The summed E-state index contributed by atoms with van der Waals surface area (Å²) in [5, 5.41) is 5.88. The van der Waals surface area contributed by atoms with E-state index in [-0.39, 0.29) is 30.6 Å². The second-order valence-electron chi connectivity index (χ2n) is 7.84. The van der Waals surface area contributed by atoms with Gasteiger partial charge in [-0.2, -0.15) is 0 Å². The lowest BCUT2D eigenvalue weighted by atomic mass is 10.1. The van der Waals surface area contributed by atoms with Crippen LogP contribution in [0.4, 0.5) is 10.8 Å². The van der Waals surface area contributed by atoms with E-state index in [4.69, 9.17) is 11.6 Å². The first-order valence-electron chi connectivity index (χ1n) is 10.3. The van der Waals surface area contributed by atoms with Crippen LogP contribution < -0.4 is 10.2 Å². The molecule has 3 aromatic rings. The van der Waals surface area contributed by atoms with E-state index in [1.165, 1.54) is 11.3 Å². The fourth-order valence-electron chi connectivity index (χ4n) is 3.17. The van der Waals surface area contributed by atoms with Crippen LogP contribution in [0.2, 0.25) is 5.02 Å². The number of aryl methyl sites for hydroxylation is 1. The Bertz CT molecular complexity index is 1070. The van der Waals surface area contributed by atoms with Crippen molar-refractivity contribution in [1.29, 1.82) is 0 Å². The van der Waals surface area contributed by atoms with E-state index in [9.17, 15) is 9.59 Å². The molecule has 33 heavy (non-hydrogen) atoms. The third-order valence-corrected chi connectivity index (χ3v) is 5.90. The number of hydrogen-bond acceptors (Lipinski definition) is 5. The van der Waals surface area contributed by atoms with Gasteiger partial charge >= 0.3 is 0 Å². The molecule has 0 aliphatic carbocycles. The highest BCUT2D eigenvalue weighted by Gasteiger charge is 2.21. The molecule has 0 aliphatic rings. The van der Waals surface area contributed by atoms with Gasteiger partial charge in [0.1, 0.15) is 0 Å². The largest absolute Gasteiger partial charge is 0.326 e. The lowest BCUT2D eigenvalue weighted by Gasteiger charge is -2.21. The molecule has 1 aromatic heterocycles. The molecule has 2 amide bonds. The first-order chi connectivity index (χ1) is 15.3. The Labute approximate surface area is 210 Å². The molecule has 3 rings (SSSR count). The third kappa shape index (κ3) is 8.12. The number of anilines is 2. The SMILES string of the molecule is Cc1cccc(C(=O)N(CCCN(C)C)c2nc(CC(=O)Nc3ccc(Cl)cc3)cs2)c1.Cl. The molecule has 0 aliphatic heterocycles. The smallest absolute Gasteiger partial charge is 0.260 e. The number of hydrogen-bond donors (Lipinski definition) is 1. The maximum absolute atomic E-state index is 13.3. The Morgan fingerprint density at radius 3 is 2.48 bits per heavy atom. The average molecular weight is 507 g/mol. The molecule has 0 saturated heterocycles. The molecular formula is C24H28Cl2N4O2S. The highest BCUT2D eigenvalue weighted by Crippen LogP contribution is 2.24. The predicted octanol–water partition coefficient (Wildman–Crippen LogP) is 5.31. The lowest BCUT2D eigenvalue weighted by molar-refractivity contribution is -0.115. The highest BCUT2D eigenvalue weighted by molar-refractivity contribution is 7.14. The van der Waals surface area contributed by atoms with Gasteiger partial charge < -0.3 is 10.2 Å². The van der Waals surface area contributed by atoms with Crippen molar-refractivity contribution in [2.24, 2.45) is 0 Å². The molecular weight excluding hydrogens is 479 g/mol. The average Bonchev–Trinajstić information content (AvgIpc) is 3.20. The lowest BCUT2D eigenvalue weighted by Crippen LogP contribution is -2.33. The van der Waals surface area contributed by atoms with Gasteiger partial charge in [0, 0.05) is 28.2 Å². The Balaban J connectivity index is 0.00000385.